The third kappa shape index (κ3) is 2.29. The van der Waals surface area contributed by atoms with Crippen molar-refractivity contribution in [1.29, 1.82) is 0 Å². The molecule has 1 aliphatic rings. The first-order valence-corrected chi connectivity index (χ1v) is 5.53. The fourth-order valence-electron chi connectivity index (χ4n) is 2.49. The van der Waals surface area contributed by atoms with Crippen molar-refractivity contribution in [2.45, 2.75) is 31.8 Å². The van der Waals surface area contributed by atoms with Crippen molar-refractivity contribution in [1.82, 2.24) is 0 Å². The highest BCUT2D eigenvalue weighted by Gasteiger charge is 2.37. The molecule has 1 aromatic rings. The van der Waals surface area contributed by atoms with Crippen molar-refractivity contribution < 1.29 is 5.11 Å². The monoisotopic (exact) mass is 202 g/mol. The number of hydrogen-bond acceptors (Lipinski definition) is 1. The lowest BCUT2D eigenvalue weighted by Crippen LogP contribution is -2.27. The summed E-state index contributed by atoms with van der Waals surface area (Å²) in [7, 11) is 0. The molecule has 0 bridgehead atoms. The van der Waals surface area contributed by atoms with Gasteiger partial charge >= 0.3 is 0 Å². The number of benzene rings is 1. The number of hydrogen-bond donors (Lipinski definition) is 1. The first-order chi connectivity index (χ1) is 7.09. The van der Waals surface area contributed by atoms with Gasteiger partial charge in [-0.05, 0) is 24.3 Å². The Balaban J connectivity index is 2.10. The lowest BCUT2D eigenvalue weighted by atomic mass is 9.92. The molecule has 1 aromatic carbocycles. The molecular weight excluding hydrogens is 184 g/mol. The molecule has 1 nitrogen and oxygen atoms in total. The maximum absolute atomic E-state index is 10.4. The lowest BCUT2D eigenvalue weighted by Gasteiger charge is -2.22. The van der Waals surface area contributed by atoms with E-state index in [1.54, 1.807) is 0 Å². The van der Waals surface area contributed by atoms with Crippen LogP contribution in [0.3, 0.4) is 0 Å². The van der Waals surface area contributed by atoms with Crippen molar-refractivity contribution >= 4 is 0 Å². The molecule has 2 unspecified atom stereocenters. The Morgan fingerprint density at radius 2 is 2.07 bits per heavy atom. The van der Waals surface area contributed by atoms with Gasteiger partial charge in [-0.25, -0.2) is 0 Å². The second-order valence-corrected chi connectivity index (χ2v) is 4.83. The van der Waals surface area contributed by atoms with Crippen molar-refractivity contribution in [3.05, 3.63) is 48.0 Å². The highest BCUT2D eigenvalue weighted by molar-refractivity contribution is 5.21. The highest BCUT2D eigenvalue weighted by Crippen LogP contribution is 2.39. The Labute approximate surface area is 91.4 Å². The van der Waals surface area contributed by atoms with Crippen LogP contribution in [-0.2, 0) is 6.42 Å². The van der Waals surface area contributed by atoms with Crippen LogP contribution in [-0.4, -0.2) is 10.7 Å². The fourth-order valence-corrected chi connectivity index (χ4v) is 2.49. The Kier molecular flexibility index (Phi) is 2.66. The van der Waals surface area contributed by atoms with E-state index in [4.69, 9.17) is 0 Å². The van der Waals surface area contributed by atoms with Gasteiger partial charge in [0.05, 0.1) is 5.60 Å². The van der Waals surface area contributed by atoms with E-state index in [9.17, 15) is 5.11 Å². The van der Waals surface area contributed by atoms with Gasteiger partial charge in [0.1, 0.15) is 0 Å². The molecule has 1 N–H and O–H groups in total. The molecule has 0 heterocycles. The quantitative estimate of drug-likeness (QED) is 0.731. The van der Waals surface area contributed by atoms with Crippen LogP contribution in [0.15, 0.2) is 42.5 Å². The minimum Gasteiger partial charge on any atom is -0.389 e. The Morgan fingerprint density at radius 3 is 2.60 bits per heavy atom. The molecule has 0 aliphatic heterocycles. The summed E-state index contributed by atoms with van der Waals surface area (Å²) in [6.45, 7) is 6.16. The summed E-state index contributed by atoms with van der Waals surface area (Å²) in [4.78, 5) is 0. The molecule has 0 radical (unpaired) electrons. The van der Waals surface area contributed by atoms with Gasteiger partial charge in [-0.2, -0.15) is 0 Å². The molecule has 2 atom stereocenters. The van der Waals surface area contributed by atoms with E-state index >= 15 is 0 Å². The average molecular weight is 202 g/mol. The molecule has 1 aliphatic carbocycles. The minimum atomic E-state index is -0.558. The van der Waals surface area contributed by atoms with Gasteiger partial charge in [-0.3, -0.25) is 0 Å². The van der Waals surface area contributed by atoms with Crippen LogP contribution in [0.2, 0.25) is 0 Å². The first-order valence-electron chi connectivity index (χ1n) is 5.53. The van der Waals surface area contributed by atoms with E-state index in [0.717, 1.165) is 19.3 Å². The minimum absolute atomic E-state index is 0.457. The summed E-state index contributed by atoms with van der Waals surface area (Å²) in [5.74, 6) is 0.457. The average Bonchev–Trinajstić information content (AvgIpc) is 2.42. The molecule has 2 rings (SSSR count). The molecule has 0 aromatic heterocycles. The van der Waals surface area contributed by atoms with E-state index in [1.807, 2.05) is 18.2 Å². The summed E-state index contributed by atoms with van der Waals surface area (Å²) in [5.41, 5.74) is 1.84. The van der Waals surface area contributed by atoms with Gasteiger partial charge in [-0.1, -0.05) is 49.4 Å². The molecule has 0 spiro atoms. The molecule has 80 valence electrons. The maximum Gasteiger partial charge on any atom is 0.0730 e. The second kappa shape index (κ2) is 3.82. The van der Waals surface area contributed by atoms with Gasteiger partial charge in [0.2, 0.25) is 0 Å². The first kappa shape index (κ1) is 10.4. The topological polar surface area (TPSA) is 20.2 Å². The summed E-state index contributed by atoms with van der Waals surface area (Å²) < 4.78 is 0. The normalized spacial score (nSPS) is 30.8. The zero-order valence-electron chi connectivity index (χ0n) is 9.24. The van der Waals surface area contributed by atoms with E-state index in [2.05, 4.69) is 25.6 Å². The van der Waals surface area contributed by atoms with Crippen molar-refractivity contribution in [2.75, 3.05) is 0 Å². The van der Waals surface area contributed by atoms with Gasteiger partial charge in [0.25, 0.3) is 0 Å². The number of rotatable bonds is 2. The van der Waals surface area contributed by atoms with E-state index in [0.29, 0.717) is 5.92 Å². The standard InChI is InChI=1S/C14H18O/c1-11-8-14(15,9-12(11)2)10-13-6-4-3-5-7-13/h3-7,12,15H,1,8-10H2,2H3. The summed E-state index contributed by atoms with van der Waals surface area (Å²) in [5, 5.41) is 10.4. The Morgan fingerprint density at radius 1 is 1.40 bits per heavy atom. The Hall–Kier alpha value is -1.08. The zero-order valence-corrected chi connectivity index (χ0v) is 9.24. The lowest BCUT2D eigenvalue weighted by molar-refractivity contribution is 0.0464. The van der Waals surface area contributed by atoms with Gasteiger partial charge in [-0.15, -0.1) is 0 Å². The molecular formula is C14H18O. The highest BCUT2D eigenvalue weighted by atomic mass is 16.3. The van der Waals surface area contributed by atoms with Crippen LogP contribution < -0.4 is 0 Å². The summed E-state index contributed by atoms with van der Waals surface area (Å²) >= 11 is 0. The zero-order chi connectivity index (χ0) is 10.9. The van der Waals surface area contributed by atoms with Crippen LogP contribution in [0, 0.1) is 5.92 Å². The van der Waals surface area contributed by atoms with Crippen molar-refractivity contribution in [2.24, 2.45) is 5.92 Å². The van der Waals surface area contributed by atoms with Crippen LogP contribution >= 0.6 is 0 Å². The SMILES string of the molecule is C=C1CC(O)(Cc2ccccc2)CC1C. The van der Waals surface area contributed by atoms with Crippen molar-refractivity contribution in [3.63, 3.8) is 0 Å². The number of aliphatic hydroxyl groups is 1. The smallest absolute Gasteiger partial charge is 0.0730 e. The van der Waals surface area contributed by atoms with Crippen molar-refractivity contribution in [3.8, 4) is 0 Å². The van der Waals surface area contributed by atoms with Gasteiger partial charge in [0, 0.05) is 6.42 Å². The molecule has 0 amide bonds. The van der Waals surface area contributed by atoms with Gasteiger partial charge < -0.3 is 5.11 Å². The van der Waals surface area contributed by atoms with Crippen LogP contribution in [0.4, 0.5) is 0 Å². The predicted octanol–water partition coefficient (Wildman–Crippen LogP) is 2.95. The fraction of sp³-hybridized carbons (Fsp3) is 0.429. The van der Waals surface area contributed by atoms with Crippen LogP contribution in [0.1, 0.15) is 25.3 Å². The third-order valence-electron chi connectivity index (χ3n) is 3.32. The molecule has 1 saturated carbocycles. The molecule has 15 heavy (non-hydrogen) atoms. The maximum atomic E-state index is 10.4. The van der Waals surface area contributed by atoms with E-state index in [1.165, 1.54) is 11.1 Å². The van der Waals surface area contributed by atoms with Crippen LogP contribution in [0.25, 0.3) is 0 Å². The third-order valence-corrected chi connectivity index (χ3v) is 3.32. The Bertz CT molecular complexity index is 355. The molecule has 0 saturated heterocycles. The molecule has 1 heteroatoms. The summed E-state index contributed by atoms with van der Waals surface area (Å²) in [6.07, 6.45) is 2.35. The van der Waals surface area contributed by atoms with Crippen LogP contribution in [0.5, 0.6) is 0 Å². The van der Waals surface area contributed by atoms with E-state index in [-0.39, 0.29) is 0 Å². The van der Waals surface area contributed by atoms with E-state index < -0.39 is 5.60 Å². The molecule has 1 fully saturated rings. The second-order valence-electron chi connectivity index (χ2n) is 4.83. The largest absolute Gasteiger partial charge is 0.389 e. The van der Waals surface area contributed by atoms with Gasteiger partial charge in [0.15, 0.2) is 0 Å². The summed E-state index contributed by atoms with van der Waals surface area (Å²) in [6, 6.07) is 10.2. The predicted molar refractivity (Wildman–Crippen MR) is 62.6 cm³/mol.